The molecule has 0 bridgehead atoms. The Labute approximate surface area is 106 Å². The molecule has 90 valence electrons. The molecule has 4 nitrogen and oxygen atoms in total. The van der Waals surface area contributed by atoms with Crippen molar-refractivity contribution in [1.29, 1.82) is 0 Å². The lowest BCUT2D eigenvalue weighted by atomic mass is 10.2. The first-order valence-electron chi connectivity index (χ1n) is 5.17. The van der Waals surface area contributed by atoms with Crippen LogP contribution in [0.3, 0.4) is 0 Å². The summed E-state index contributed by atoms with van der Waals surface area (Å²) in [5, 5.41) is 17.3. The van der Waals surface area contributed by atoms with E-state index in [0.29, 0.717) is 22.3 Å². The van der Waals surface area contributed by atoms with E-state index in [1.54, 1.807) is 18.2 Å². The molecule has 1 heterocycles. The molecule has 1 unspecified atom stereocenters. The standard InChI is InChI=1S/C11H11BrFN3O/c1-2-9(17)16-6-14-15-11(16)7-4-3-5-8(12)10(7)13/h3-6,9,17H,2H2,1H3. The summed E-state index contributed by atoms with van der Waals surface area (Å²) in [6.07, 6.45) is 1.14. The topological polar surface area (TPSA) is 50.9 Å². The van der Waals surface area contributed by atoms with Crippen molar-refractivity contribution < 1.29 is 9.50 Å². The lowest BCUT2D eigenvalue weighted by molar-refractivity contribution is 0.101. The number of benzene rings is 1. The lowest BCUT2D eigenvalue weighted by Crippen LogP contribution is -2.08. The van der Waals surface area contributed by atoms with E-state index >= 15 is 0 Å². The molecule has 0 amide bonds. The van der Waals surface area contributed by atoms with Gasteiger partial charge in [-0.1, -0.05) is 13.0 Å². The maximum absolute atomic E-state index is 13.9. The zero-order valence-corrected chi connectivity index (χ0v) is 10.7. The summed E-state index contributed by atoms with van der Waals surface area (Å²) in [4.78, 5) is 0. The van der Waals surface area contributed by atoms with Gasteiger partial charge in [0.15, 0.2) is 5.82 Å². The van der Waals surface area contributed by atoms with Crippen molar-refractivity contribution in [3.63, 3.8) is 0 Å². The van der Waals surface area contributed by atoms with E-state index in [1.165, 1.54) is 10.9 Å². The minimum atomic E-state index is -0.751. The quantitative estimate of drug-likeness (QED) is 0.948. The summed E-state index contributed by atoms with van der Waals surface area (Å²) in [5.74, 6) is -0.0943. The number of aliphatic hydroxyl groups excluding tert-OH is 1. The largest absolute Gasteiger partial charge is 0.373 e. The highest BCUT2D eigenvalue weighted by Gasteiger charge is 2.17. The van der Waals surface area contributed by atoms with E-state index in [2.05, 4.69) is 26.1 Å². The summed E-state index contributed by atoms with van der Waals surface area (Å²) in [5.41, 5.74) is 0.310. The summed E-state index contributed by atoms with van der Waals surface area (Å²) in [7, 11) is 0. The van der Waals surface area contributed by atoms with E-state index in [4.69, 9.17) is 0 Å². The van der Waals surface area contributed by atoms with E-state index < -0.39 is 12.0 Å². The Morgan fingerprint density at radius 1 is 1.53 bits per heavy atom. The number of hydrogen-bond donors (Lipinski definition) is 1. The molecular weight excluding hydrogens is 289 g/mol. The van der Waals surface area contributed by atoms with Crippen molar-refractivity contribution in [2.24, 2.45) is 0 Å². The van der Waals surface area contributed by atoms with Crippen LogP contribution >= 0.6 is 15.9 Å². The van der Waals surface area contributed by atoms with Gasteiger partial charge in [0, 0.05) is 0 Å². The molecule has 0 saturated heterocycles. The Hall–Kier alpha value is -1.27. The summed E-state index contributed by atoms with van der Waals surface area (Å²) >= 11 is 3.12. The molecule has 1 atom stereocenters. The molecule has 0 aliphatic carbocycles. The Balaban J connectivity index is 2.54. The van der Waals surface area contributed by atoms with Crippen LogP contribution in [-0.4, -0.2) is 19.9 Å². The maximum Gasteiger partial charge on any atom is 0.168 e. The van der Waals surface area contributed by atoms with E-state index in [0.717, 1.165) is 0 Å². The van der Waals surface area contributed by atoms with Crippen LogP contribution in [-0.2, 0) is 0 Å². The van der Waals surface area contributed by atoms with Crippen molar-refractivity contribution in [1.82, 2.24) is 14.8 Å². The first-order chi connectivity index (χ1) is 8.15. The van der Waals surface area contributed by atoms with Gasteiger partial charge in [0.25, 0.3) is 0 Å². The molecule has 0 saturated carbocycles. The van der Waals surface area contributed by atoms with E-state index in [1.807, 2.05) is 6.92 Å². The third-order valence-electron chi connectivity index (χ3n) is 2.45. The van der Waals surface area contributed by atoms with Crippen LogP contribution in [0, 0.1) is 5.82 Å². The molecule has 6 heteroatoms. The SMILES string of the molecule is CCC(O)n1cnnc1-c1cccc(Br)c1F. The fourth-order valence-corrected chi connectivity index (χ4v) is 1.89. The van der Waals surface area contributed by atoms with Crippen molar-refractivity contribution in [2.45, 2.75) is 19.6 Å². The van der Waals surface area contributed by atoms with Crippen molar-refractivity contribution in [3.05, 3.63) is 34.8 Å². The van der Waals surface area contributed by atoms with Gasteiger partial charge in [-0.05, 0) is 34.5 Å². The maximum atomic E-state index is 13.9. The normalized spacial score (nSPS) is 12.7. The van der Waals surface area contributed by atoms with Gasteiger partial charge < -0.3 is 5.11 Å². The van der Waals surface area contributed by atoms with Gasteiger partial charge in [-0.3, -0.25) is 4.57 Å². The predicted molar refractivity (Wildman–Crippen MR) is 64.7 cm³/mol. The first kappa shape index (κ1) is 12.2. The van der Waals surface area contributed by atoms with Gasteiger partial charge in [0.05, 0.1) is 10.0 Å². The van der Waals surface area contributed by atoms with Gasteiger partial charge >= 0.3 is 0 Å². The zero-order valence-electron chi connectivity index (χ0n) is 9.14. The zero-order chi connectivity index (χ0) is 12.4. The van der Waals surface area contributed by atoms with Crippen molar-refractivity contribution in [2.75, 3.05) is 0 Å². The highest BCUT2D eigenvalue weighted by Crippen LogP contribution is 2.27. The molecule has 0 spiro atoms. The number of rotatable bonds is 3. The Morgan fingerprint density at radius 3 is 3.00 bits per heavy atom. The number of aromatic nitrogens is 3. The van der Waals surface area contributed by atoms with Crippen LogP contribution in [0.4, 0.5) is 4.39 Å². The summed E-state index contributed by atoms with van der Waals surface area (Å²) in [6, 6.07) is 4.92. The van der Waals surface area contributed by atoms with Crippen LogP contribution in [0.2, 0.25) is 0 Å². The molecule has 0 fully saturated rings. The lowest BCUT2D eigenvalue weighted by Gasteiger charge is -2.12. The third kappa shape index (κ3) is 2.23. The van der Waals surface area contributed by atoms with Gasteiger partial charge in [-0.2, -0.15) is 0 Å². The fraction of sp³-hybridized carbons (Fsp3) is 0.273. The molecule has 2 rings (SSSR count). The van der Waals surface area contributed by atoms with Crippen LogP contribution in [0.1, 0.15) is 19.6 Å². The van der Waals surface area contributed by atoms with Gasteiger partial charge in [0.2, 0.25) is 0 Å². The smallest absolute Gasteiger partial charge is 0.168 e. The highest BCUT2D eigenvalue weighted by molar-refractivity contribution is 9.10. The van der Waals surface area contributed by atoms with Gasteiger partial charge in [0.1, 0.15) is 18.4 Å². The molecule has 0 radical (unpaired) electrons. The van der Waals surface area contributed by atoms with E-state index in [9.17, 15) is 9.50 Å². The number of halogens is 2. The molecule has 1 aromatic heterocycles. The number of nitrogens with zero attached hydrogens (tertiary/aromatic N) is 3. The monoisotopic (exact) mass is 299 g/mol. The summed E-state index contributed by atoms with van der Waals surface area (Å²) < 4.78 is 15.7. The van der Waals surface area contributed by atoms with Crippen LogP contribution < -0.4 is 0 Å². The Morgan fingerprint density at radius 2 is 2.29 bits per heavy atom. The highest BCUT2D eigenvalue weighted by atomic mass is 79.9. The Kier molecular flexibility index (Phi) is 3.54. The predicted octanol–water partition coefficient (Wildman–Crippen LogP) is 2.75. The molecule has 1 aromatic carbocycles. The second-order valence-corrected chi connectivity index (χ2v) is 4.41. The fourth-order valence-electron chi connectivity index (χ4n) is 1.53. The van der Waals surface area contributed by atoms with Crippen LogP contribution in [0.25, 0.3) is 11.4 Å². The minimum Gasteiger partial charge on any atom is -0.373 e. The molecule has 17 heavy (non-hydrogen) atoms. The second-order valence-electron chi connectivity index (χ2n) is 3.55. The third-order valence-corrected chi connectivity index (χ3v) is 3.06. The molecule has 2 aromatic rings. The number of hydrogen-bond acceptors (Lipinski definition) is 3. The molecule has 1 N–H and O–H groups in total. The Bertz CT molecular complexity index is 529. The molecule has 0 aliphatic rings. The van der Waals surface area contributed by atoms with Crippen LogP contribution in [0.15, 0.2) is 29.0 Å². The first-order valence-corrected chi connectivity index (χ1v) is 5.96. The van der Waals surface area contributed by atoms with Gasteiger partial charge in [-0.25, -0.2) is 4.39 Å². The van der Waals surface area contributed by atoms with E-state index in [-0.39, 0.29) is 0 Å². The number of aliphatic hydroxyl groups is 1. The van der Waals surface area contributed by atoms with Crippen molar-refractivity contribution >= 4 is 15.9 Å². The average Bonchev–Trinajstić information content (AvgIpc) is 2.80. The average molecular weight is 300 g/mol. The van der Waals surface area contributed by atoms with Crippen molar-refractivity contribution in [3.8, 4) is 11.4 Å². The molecule has 0 aliphatic heterocycles. The van der Waals surface area contributed by atoms with Gasteiger partial charge in [-0.15, -0.1) is 10.2 Å². The van der Waals surface area contributed by atoms with Crippen LogP contribution in [0.5, 0.6) is 0 Å². The minimum absolute atomic E-state index is 0.310. The summed E-state index contributed by atoms with van der Waals surface area (Å²) in [6.45, 7) is 1.83. The molecular formula is C11H11BrFN3O. The second kappa shape index (κ2) is 4.93.